The molecule has 0 aromatic carbocycles. The van der Waals surface area contributed by atoms with Gasteiger partial charge in [-0.3, -0.25) is 9.89 Å². The molecule has 2 fully saturated rings. The summed E-state index contributed by atoms with van der Waals surface area (Å²) in [7, 11) is 0. The Morgan fingerprint density at radius 1 is 1.35 bits per heavy atom. The Balaban J connectivity index is 1.48. The molecule has 1 aromatic rings. The first-order valence-electron chi connectivity index (χ1n) is 7.71. The van der Waals surface area contributed by atoms with Gasteiger partial charge in [-0.15, -0.1) is 5.10 Å². The number of aromatic nitrogens is 3. The van der Waals surface area contributed by atoms with Gasteiger partial charge >= 0.3 is 0 Å². The molecule has 0 unspecified atom stereocenters. The molecular weight excluding hydrogens is 254 g/mol. The summed E-state index contributed by atoms with van der Waals surface area (Å²) < 4.78 is 0. The molecule has 1 aliphatic carbocycles. The number of carbonyl (C=O) groups excluding carboxylic acids is 1. The summed E-state index contributed by atoms with van der Waals surface area (Å²) in [4.78, 5) is 18.9. The Morgan fingerprint density at radius 2 is 2.10 bits per heavy atom. The third kappa shape index (κ3) is 3.17. The Kier molecular flexibility index (Phi) is 4.00. The fourth-order valence-electron chi connectivity index (χ4n) is 2.78. The molecule has 1 saturated carbocycles. The zero-order chi connectivity index (χ0) is 13.9. The minimum atomic E-state index is -0.137. The van der Waals surface area contributed by atoms with Crippen LogP contribution >= 0.6 is 0 Å². The number of carbonyl (C=O) groups is 1. The third-order valence-corrected chi connectivity index (χ3v) is 4.13. The Labute approximate surface area is 119 Å². The van der Waals surface area contributed by atoms with Crippen LogP contribution in [0.3, 0.4) is 0 Å². The summed E-state index contributed by atoms with van der Waals surface area (Å²) in [6.07, 6.45) is 5.55. The standard InChI is InChI=1S/C14H23N5O/c1-2-7-19-8-5-11(6-9-19)15-14(20)13-16-12(17-18-13)10-3-4-10/h10-11H,2-9H2,1H3,(H,15,20)(H,16,17,18). The van der Waals surface area contributed by atoms with E-state index in [9.17, 15) is 4.79 Å². The van der Waals surface area contributed by atoms with Crippen LogP contribution in [0.1, 0.15) is 61.4 Å². The van der Waals surface area contributed by atoms with Gasteiger partial charge in [0, 0.05) is 25.0 Å². The lowest BCUT2D eigenvalue weighted by Gasteiger charge is -2.31. The van der Waals surface area contributed by atoms with Crippen molar-refractivity contribution in [2.24, 2.45) is 0 Å². The van der Waals surface area contributed by atoms with Crippen LogP contribution in [-0.2, 0) is 0 Å². The van der Waals surface area contributed by atoms with Crippen LogP contribution in [-0.4, -0.2) is 51.7 Å². The van der Waals surface area contributed by atoms with Crippen molar-refractivity contribution < 1.29 is 4.79 Å². The van der Waals surface area contributed by atoms with E-state index in [0.29, 0.717) is 11.7 Å². The maximum absolute atomic E-state index is 12.1. The second-order valence-electron chi connectivity index (χ2n) is 5.91. The molecule has 0 bridgehead atoms. The number of hydrogen-bond donors (Lipinski definition) is 2. The normalized spacial score (nSPS) is 21.1. The average molecular weight is 277 g/mol. The van der Waals surface area contributed by atoms with E-state index in [2.05, 4.69) is 32.3 Å². The van der Waals surface area contributed by atoms with Crippen molar-refractivity contribution in [3.8, 4) is 0 Å². The summed E-state index contributed by atoms with van der Waals surface area (Å²) in [5, 5.41) is 9.97. The molecule has 0 radical (unpaired) electrons. The Bertz CT molecular complexity index is 460. The number of nitrogens with one attached hydrogen (secondary N) is 2. The van der Waals surface area contributed by atoms with Gasteiger partial charge in [-0.1, -0.05) is 6.92 Å². The van der Waals surface area contributed by atoms with Crippen molar-refractivity contribution in [3.05, 3.63) is 11.6 Å². The second kappa shape index (κ2) is 5.91. The van der Waals surface area contributed by atoms with E-state index in [1.54, 1.807) is 0 Å². The van der Waals surface area contributed by atoms with Crippen LogP contribution in [0, 0.1) is 0 Å². The zero-order valence-corrected chi connectivity index (χ0v) is 12.1. The lowest BCUT2D eigenvalue weighted by atomic mass is 10.0. The van der Waals surface area contributed by atoms with Gasteiger partial charge < -0.3 is 10.2 Å². The number of H-pyrrole nitrogens is 1. The fraction of sp³-hybridized carbons (Fsp3) is 0.786. The number of hydrogen-bond acceptors (Lipinski definition) is 4. The van der Waals surface area contributed by atoms with Gasteiger partial charge in [-0.2, -0.15) is 0 Å². The SMILES string of the molecule is CCCN1CCC(NC(=O)c2n[nH]c(C3CC3)n2)CC1. The van der Waals surface area contributed by atoms with Crippen molar-refractivity contribution in [2.45, 2.75) is 51.0 Å². The highest BCUT2D eigenvalue weighted by atomic mass is 16.2. The minimum Gasteiger partial charge on any atom is -0.346 e. The van der Waals surface area contributed by atoms with Crippen molar-refractivity contribution in [1.29, 1.82) is 0 Å². The van der Waals surface area contributed by atoms with Gasteiger partial charge in [-0.05, 0) is 38.6 Å². The molecule has 1 aliphatic heterocycles. The Morgan fingerprint density at radius 3 is 2.75 bits per heavy atom. The van der Waals surface area contributed by atoms with Gasteiger partial charge in [0.1, 0.15) is 5.82 Å². The molecular formula is C14H23N5O. The topological polar surface area (TPSA) is 73.9 Å². The van der Waals surface area contributed by atoms with Gasteiger partial charge in [0.2, 0.25) is 5.82 Å². The van der Waals surface area contributed by atoms with Gasteiger partial charge in [0.25, 0.3) is 5.91 Å². The van der Waals surface area contributed by atoms with E-state index in [1.807, 2.05) is 0 Å². The lowest BCUT2D eigenvalue weighted by Crippen LogP contribution is -2.45. The zero-order valence-electron chi connectivity index (χ0n) is 12.1. The first kappa shape index (κ1) is 13.5. The third-order valence-electron chi connectivity index (χ3n) is 4.13. The predicted molar refractivity (Wildman–Crippen MR) is 75.6 cm³/mol. The van der Waals surface area contributed by atoms with Crippen LogP contribution in [0.25, 0.3) is 0 Å². The number of aromatic amines is 1. The number of rotatable bonds is 5. The van der Waals surface area contributed by atoms with Crippen molar-refractivity contribution >= 4 is 5.91 Å². The highest BCUT2D eigenvalue weighted by Gasteiger charge is 2.29. The lowest BCUT2D eigenvalue weighted by molar-refractivity contribution is 0.0901. The first-order chi connectivity index (χ1) is 9.76. The van der Waals surface area contributed by atoms with Crippen LogP contribution < -0.4 is 5.32 Å². The van der Waals surface area contributed by atoms with Crippen molar-refractivity contribution in [2.75, 3.05) is 19.6 Å². The molecule has 1 saturated heterocycles. The molecule has 0 atom stereocenters. The van der Waals surface area contributed by atoms with Gasteiger partial charge in [0.05, 0.1) is 0 Å². The van der Waals surface area contributed by atoms with Crippen LogP contribution in [0.4, 0.5) is 0 Å². The van der Waals surface area contributed by atoms with Crippen LogP contribution in [0.5, 0.6) is 0 Å². The van der Waals surface area contributed by atoms with Crippen molar-refractivity contribution in [3.63, 3.8) is 0 Å². The highest BCUT2D eigenvalue weighted by molar-refractivity contribution is 5.90. The van der Waals surface area contributed by atoms with Crippen LogP contribution in [0.15, 0.2) is 0 Å². The summed E-state index contributed by atoms with van der Waals surface area (Å²) in [5.41, 5.74) is 0. The molecule has 6 nitrogen and oxygen atoms in total. The first-order valence-corrected chi connectivity index (χ1v) is 7.71. The summed E-state index contributed by atoms with van der Waals surface area (Å²) in [6.45, 7) is 5.50. The van der Waals surface area contributed by atoms with Gasteiger partial charge in [0.15, 0.2) is 0 Å². The quantitative estimate of drug-likeness (QED) is 0.850. The number of nitrogens with zero attached hydrogens (tertiary/aromatic N) is 3. The molecule has 3 rings (SSSR count). The molecule has 2 N–H and O–H groups in total. The largest absolute Gasteiger partial charge is 0.346 e. The molecule has 1 amide bonds. The molecule has 6 heteroatoms. The van der Waals surface area contributed by atoms with Crippen LogP contribution in [0.2, 0.25) is 0 Å². The molecule has 2 aliphatic rings. The van der Waals surface area contributed by atoms with E-state index in [-0.39, 0.29) is 11.9 Å². The number of piperidine rings is 1. The minimum absolute atomic E-state index is 0.137. The molecule has 0 spiro atoms. The van der Waals surface area contributed by atoms with E-state index in [0.717, 1.165) is 51.1 Å². The molecule has 1 aromatic heterocycles. The summed E-state index contributed by atoms with van der Waals surface area (Å²) in [6, 6.07) is 0.262. The highest BCUT2D eigenvalue weighted by Crippen LogP contribution is 2.37. The van der Waals surface area contributed by atoms with Crippen molar-refractivity contribution in [1.82, 2.24) is 25.4 Å². The number of amides is 1. The maximum atomic E-state index is 12.1. The molecule has 2 heterocycles. The fourth-order valence-corrected chi connectivity index (χ4v) is 2.78. The van der Waals surface area contributed by atoms with E-state index in [4.69, 9.17) is 0 Å². The van der Waals surface area contributed by atoms with Gasteiger partial charge in [-0.25, -0.2) is 4.98 Å². The summed E-state index contributed by atoms with van der Waals surface area (Å²) >= 11 is 0. The number of likely N-dealkylation sites (tertiary alicyclic amines) is 1. The molecule has 20 heavy (non-hydrogen) atoms. The Hall–Kier alpha value is -1.43. The van der Waals surface area contributed by atoms with E-state index >= 15 is 0 Å². The smallest absolute Gasteiger partial charge is 0.291 e. The molecule has 110 valence electrons. The van der Waals surface area contributed by atoms with E-state index in [1.165, 1.54) is 6.42 Å². The maximum Gasteiger partial charge on any atom is 0.291 e. The second-order valence-corrected chi connectivity index (χ2v) is 5.91. The predicted octanol–water partition coefficient (Wildman–Crippen LogP) is 1.29. The monoisotopic (exact) mass is 277 g/mol. The van der Waals surface area contributed by atoms with E-state index < -0.39 is 0 Å². The average Bonchev–Trinajstić information content (AvgIpc) is 3.19. The summed E-state index contributed by atoms with van der Waals surface area (Å²) in [5.74, 6) is 1.53.